The fourth-order valence-corrected chi connectivity index (χ4v) is 2.06. The number of nitrogens with one attached hydrogen (secondary N) is 1. The topological polar surface area (TPSA) is 104 Å². The van der Waals surface area contributed by atoms with Crippen LogP contribution in [0.15, 0.2) is 18.2 Å². The zero-order valence-corrected chi connectivity index (χ0v) is 12.2. The zero-order valence-electron chi connectivity index (χ0n) is 11.4. The fraction of sp³-hybridized carbons (Fsp3) is 0.357. The van der Waals surface area contributed by atoms with Crippen LogP contribution in [0.1, 0.15) is 35.2 Å². The Bertz CT molecular complexity index is 558. The van der Waals surface area contributed by atoms with Gasteiger partial charge in [-0.05, 0) is 43.5 Å². The van der Waals surface area contributed by atoms with Gasteiger partial charge in [-0.2, -0.15) is 0 Å². The second-order valence-corrected chi connectivity index (χ2v) is 5.05. The highest BCUT2D eigenvalue weighted by Crippen LogP contribution is 2.15. The number of hydrogen-bond donors (Lipinski definition) is 3. The first-order valence-corrected chi connectivity index (χ1v) is 6.70. The maximum atomic E-state index is 12.1. The Kier molecular flexibility index (Phi) is 6.17. The number of carbonyl (C=O) groups is 3. The van der Waals surface area contributed by atoms with Crippen LogP contribution < -0.4 is 5.32 Å². The summed E-state index contributed by atoms with van der Waals surface area (Å²) in [6.07, 6.45) is 0.0891. The van der Waals surface area contributed by atoms with E-state index in [2.05, 4.69) is 5.32 Å². The molecular formula is C14H16ClNO5. The second kappa shape index (κ2) is 7.64. The van der Waals surface area contributed by atoms with Crippen LogP contribution in [0.3, 0.4) is 0 Å². The van der Waals surface area contributed by atoms with Gasteiger partial charge < -0.3 is 15.5 Å². The molecule has 0 unspecified atom stereocenters. The molecule has 0 spiro atoms. The molecule has 6 nitrogen and oxygen atoms in total. The Morgan fingerprint density at radius 3 is 2.48 bits per heavy atom. The Morgan fingerprint density at radius 1 is 1.29 bits per heavy atom. The third-order valence-electron chi connectivity index (χ3n) is 2.92. The molecule has 0 aliphatic heterocycles. The van der Waals surface area contributed by atoms with E-state index >= 15 is 0 Å². The summed E-state index contributed by atoms with van der Waals surface area (Å²) in [4.78, 5) is 33.6. The Hall–Kier alpha value is -2.08. The van der Waals surface area contributed by atoms with Crippen LogP contribution >= 0.6 is 11.6 Å². The number of aliphatic carboxylic acids is 2. The van der Waals surface area contributed by atoms with Gasteiger partial charge in [0.15, 0.2) is 0 Å². The molecule has 1 aromatic carbocycles. The minimum Gasteiger partial charge on any atom is -0.481 e. The van der Waals surface area contributed by atoms with Crippen molar-refractivity contribution in [2.45, 2.75) is 32.2 Å². The van der Waals surface area contributed by atoms with Gasteiger partial charge in [-0.25, -0.2) is 4.79 Å². The quantitative estimate of drug-likeness (QED) is 0.715. The molecule has 0 aliphatic carbocycles. The van der Waals surface area contributed by atoms with Crippen LogP contribution in [-0.2, 0) is 9.59 Å². The molecule has 1 amide bonds. The lowest BCUT2D eigenvalue weighted by molar-refractivity contribution is -0.140. The number of halogens is 1. The van der Waals surface area contributed by atoms with E-state index in [0.29, 0.717) is 16.1 Å². The molecule has 0 aromatic heterocycles. The van der Waals surface area contributed by atoms with Gasteiger partial charge in [0.25, 0.3) is 5.91 Å². The summed E-state index contributed by atoms with van der Waals surface area (Å²) in [6.45, 7) is 1.70. The van der Waals surface area contributed by atoms with Gasteiger partial charge in [0.2, 0.25) is 0 Å². The summed E-state index contributed by atoms with van der Waals surface area (Å²) < 4.78 is 0. The Morgan fingerprint density at radius 2 is 1.95 bits per heavy atom. The average molecular weight is 314 g/mol. The number of aryl methyl sites for hydroxylation is 1. The molecule has 1 aromatic rings. The van der Waals surface area contributed by atoms with Crippen molar-refractivity contribution >= 4 is 29.4 Å². The molecule has 1 rings (SSSR count). The summed E-state index contributed by atoms with van der Waals surface area (Å²) in [5.41, 5.74) is 0.971. The molecule has 3 N–H and O–H groups in total. The van der Waals surface area contributed by atoms with Crippen molar-refractivity contribution in [3.05, 3.63) is 34.3 Å². The van der Waals surface area contributed by atoms with Crippen LogP contribution in [0.25, 0.3) is 0 Å². The molecule has 0 heterocycles. The first-order chi connectivity index (χ1) is 9.81. The van der Waals surface area contributed by atoms with E-state index in [0.717, 1.165) is 0 Å². The highest BCUT2D eigenvalue weighted by atomic mass is 35.5. The van der Waals surface area contributed by atoms with Crippen LogP contribution in [0.5, 0.6) is 0 Å². The zero-order chi connectivity index (χ0) is 16.0. The molecule has 0 fully saturated rings. The van der Waals surface area contributed by atoms with Crippen LogP contribution in [0.2, 0.25) is 5.02 Å². The van der Waals surface area contributed by atoms with Crippen molar-refractivity contribution < 1.29 is 24.6 Å². The number of rotatable bonds is 7. The summed E-state index contributed by atoms with van der Waals surface area (Å²) >= 11 is 5.79. The lowest BCUT2D eigenvalue weighted by Crippen LogP contribution is -2.41. The average Bonchev–Trinajstić information content (AvgIpc) is 2.36. The van der Waals surface area contributed by atoms with Crippen molar-refractivity contribution in [2.24, 2.45) is 0 Å². The minimum absolute atomic E-state index is 0.0556. The third-order valence-corrected chi connectivity index (χ3v) is 3.16. The fourth-order valence-electron chi connectivity index (χ4n) is 1.83. The number of benzene rings is 1. The van der Waals surface area contributed by atoms with Crippen molar-refractivity contribution in [2.75, 3.05) is 0 Å². The van der Waals surface area contributed by atoms with Crippen molar-refractivity contribution in [3.8, 4) is 0 Å². The smallest absolute Gasteiger partial charge is 0.326 e. The molecule has 0 saturated heterocycles. The maximum absolute atomic E-state index is 12.1. The van der Waals surface area contributed by atoms with Gasteiger partial charge in [0.05, 0.1) is 0 Å². The highest BCUT2D eigenvalue weighted by molar-refractivity contribution is 6.30. The summed E-state index contributed by atoms with van der Waals surface area (Å²) in [7, 11) is 0. The van der Waals surface area contributed by atoms with Crippen LogP contribution in [-0.4, -0.2) is 34.1 Å². The second-order valence-electron chi connectivity index (χ2n) is 4.61. The molecule has 7 heteroatoms. The highest BCUT2D eigenvalue weighted by Gasteiger charge is 2.21. The number of hydrogen-bond acceptors (Lipinski definition) is 3. The minimum atomic E-state index is -1.19. The van der Waals surface area contributed by atoms with Crippen LogP contribution in [0, 0.1) is 6.92 Å². The first-order valence-electron chi connectivity index (χ1n) is 6.33. The van der Waals surface area contributed by atoms with E-state index < -0.39 is 23.9 Å². The SMILES string of the molecule is Cc1cc(Cl)ccc1C(=O)N[C@H](CCCC(=O)O)C(=O)O. The lowest BCUT2D eigenvalue weighted by atomic mass is 10.1. The van der Waals surface area contributed by atoms with Gasteiger partial charge in [-0.1, -0.05) is 11.6 Å². The van der Waals surface area contributed by atoms with E-state index in [1.165, 1.54) is 6.07 Å². The largest absolute Gasteiger partial charge is 0.481 e. The molecule has 114 valence electrons. The summed E-state index contributed by atoms with van der Waals surface area (Å²) in [5.74, 6) is -2.72. The van der Waals surface area contributed by atoms with E-state index in [-0.39, 0.29) is 19.3 Å². The van der Waals surface area contributed by atoms with Crippen molar-refractivity contribution in [3.63, 3.8) is 0 Å². The summed E-state index contributed by atoms with van der Waals surface area (Å²) in [5, 5.41) is 20.5. The van der Waals surface area contributed by atoms with E-state index in [9.17, 15) is 14.4 Å². The lowest BCUT2D eigenvalue weighted by Gasteiger charge is -2.15. The van der Waals surface area contributed by atoms with Gasteiger partial charge in [0, 0.05) is 17.0 Å². The van der Waals surface area contributed by atoms with E-state index in [4.69, 9.17) is 21.8 Å². The van der Waals surface area contributed by atoms with Gasteiger partial charge in [-0.3, -0.25) is 9.59 Å². The third kappa shape index (κ3) is 5.43. The van der Waals surface area contributed by atoms with Gasteiger partial charge >= 0.3 is 11.9 Å². The molecule has 0 radical (unpaired) electrons. The van der Waals surface area contributed by atoms with Crippen molar-refractivity contribution in [1.82, 2.24) is 5.32 Å². The van der Waals surface area contributed by atoms with Gasteiger partial charge in [0.1, 0.15) is 6.04 Å². The number of carbonyl (C=O) groups excluding carboxylic acids is 1. The van der Waals surface area contributed by atoms with Crippen molar-refractivity contribution in [1.29, 1.82) is 0 Å². The number of amides is 1. The molecule has 0 bridgehead atoms. The number of carboxylic acid groups (broad SMARTS) is 2. The predicted octanol–water partition coefficient (Wildman–Crippen LogP) is 2.09. The normalized spacial score (nSPS) is 11.7. The van der Waals surface area contributed by atoms with Crippen LogP contribution in [0.4, 0.5) is 0 Å². The van der Waals surface area contributed by atoms with E-state index in [1.54, 1.807) is 19.1 Å². The van der Waals surface area contributed by atoms with Gasteiger partial charge in [-0.15, -0.1) is 0 Å². The Labute approximate surface area is 126 Å². The Balaban J connectivity index is 2.72. The molecular weight excluding hydrogens is 298 g/mol. The molecule has 0 aliphatic rings. The first kappa shape index (κ1) is 17.0. The molecule has 1 atom stereocenters. The predicted molar refractivity (Wildman–Crippen MR) is 76.6 cm³/mol. The molecule has 0 saturated carbocycles. The maximum Gasteiger partial charge on any atom is 0.326 e. The monoisotopic (exact) mass is 313 g/mol. The number of carboxylic acids is 2. The van der Waals surface area contributed by atoms with E-state index in [1.807, 2.05) is 0 Å². The summed E-state index contributed by atoms with van der Waals surface area (Å²) in [6, 6.07) is 3.55. The standard InChI is InChI=1S/C14H16ClNO5/c1-8-7-9(15)5-6-10(8)13(19)16-11(14(20)21)3-2-4-12(17)18/h5-7,11H,2-4H2,1H3,(H,16,19)(H,17,18)(H,20,21)/t11-/m1/s1. The molecule has 21 heavy (non-hydrogen) atoms.